The van der Waals surface area contributed by atoms with Gasteiger partial charge in [0.05, 0.1) is 11.6 Å². The summed E-state index contributed by atoms with van der Waals surface area (Å²) in [6, 6.07) is 0. The number of hydrogen-bond acceptors (Lipinski definition) is 5. The van der Waals surface area contributed by atoms with Crippen molar-refractivity contribution in [2.24, 2.45) is 11.7 Å². The van der Waals surface area contributed by atoms with Gasteiger partial charge in [-0.2, -0.15) is 0 Å². The molecule has 0 bridgehead atoms. The Bertz CT molecular complexity index is 534. The minimum atomic E-state index is -0.334. The Hall–Kier alpha value is -1.14. The number of piperazine rings is 1. The molecule has 5 nitrogen and oxygen atoms in total. The molecule has 1 aromatic rings. The van der Waals surface area contributed by atoms with Crippen LogP contribution in [-0.4, -0.2) is 47.5 Å². The topological polar surface area (TPSA) is 62.5 Å². The molecule has 2 atom stereocenters. The van der Waals surface area contributed by atoms with Crippen molar-refractivity contribution in [3.8, 4) is 0 Å². The SMILES string of the molecule is Cc1csc(N2CCN(C(=O)C3CCCCC3(C)N)CC2)n1. The Kier molecular flexibility index (Phi) is 4.41. The molecule has 0 spiro atoms. The number of anilines is 1. The Balaban J connectivity index is 1.60. The van der Waals surface area contributed by atoms with Crippen LogP contribution in [0.25, 0.3) is 0 Å². The number of nitrogens with zero attached hydrogens (tertiary/aromatic N) is 3. The van der Waals surface area contributed by atoms with Gasteiger partial charge in [-0.15, -0.1) is 11.3 Å². The number of carbonyl (C=O) groups is 1. The highest BCUT2D eigenvalue weighted by molar-refractivity contribution is 7.13. The van der Waals surface area contributed by atoms with E-state index in [1.165, 1.54) is 0 Å². The second-order valence-electron chi connectivity index (χ2n) is 6.89. The first kappa shape index (κ1) is 15.7. The van der Waals surface area contributed by atoms with E-state index < -0.39 is 0 Å². The number of thiazole rings is 1. The van der Waals surface area contributed by atoms with Crippen LogP contribution >= 0.6 is 11.3 Å². The van der Waals surface area contributed by atoms with E-state index in [-0.39, 0.29) is 17.4 Å². The fourth-order valence-corrected chi connectivity index (χ4v) is 4.45. The van der Waals surface area contributed by atoms with Crippen molar-refractivity contribution in [1.29, 1.82) is 0 Å². The first-order valence-electron chi connectivity index (χ1n) is 8.22. The zero-order chi connectivity index (χ0) is 15.7. The van der Waals surface area contributed by atoms with Crippen LogP contribution in [0.1, 0.15) is 38.3 Å². The number of carbonyl (C=O) groups excluding carboxylic acids is 1. The van der Waals surface area contributed by atoms with Crippen LogP contribution in [0, 0.1) is 12.8 Å². The van der Waals surface area contributed by atoms with E-state index in [0.717, 1.165) is 62.7 Å². The zero-order valence-corrected chi connectivity index (χ0v) is 14.4. The van der Waals surface area contributed by atoms with Crippen molar-refractivity contribution < 1.29 is 4.79 Å². The summed E-state index contributed by atoms with van der Waals surface area (Å²) in [5.74, 6) is 0.259. The summed E-state index contributed by atoms with van der Waals surface area (Å²) in [7, 11) is 0. The van der Waals surface area contributed by atoms with Crippen LogP contribution in [0.15, 0.2) is 5.38 Å². The third-order valence-corrected chi connectivity index (χ3v) is 6.04. The van der Waals surface area contributed by atoms with Crippen molar-refractivity contribution in [1.82, 2.24) is 9.88 Å². The summed E-state index contributed by atoms with van der Waals surface area (Å²) in [4.78, 5) is 21.7. The fraction of sp³-hybridized carbons (Fsp3) is 0.750. The minimum Gasteiger partial charge on any atom is -0.345 e. The van der Waals surface area contributed by atoms with E-state index in [4.69, 9.17) is 5.73 Å². The fourth-order valence-electron chi connectivity index (χ4n) is 3.59. The normalized spacial score (nSPS) is 29.7. The largest absolute Gasteiger partial charge is 0.345 e. The van der Waals surface area contributed by atoms with E-state index in [1.54, 1.807) is 11.3 Å². The predicted molar refractivity (Wildman–Crippen MR) is 90.2 cm³/mol. The lowest BCUT2D eigenvalue weighted by atomic mass is 9.74. The number of aryl methyl sites for hydroxylation is 1. The smallest absolute Gasteiger partial charge is 0.227 e. The summed E-state index contributed by atoms with van der Waals surface area (Å²) in [6.07, 6.45) is 4.18. The molecule has 1 aromatic heterocycles. The summed E-state index contributed by atoms with van der Waals surface area (Å²) in [5, 5.41) is 3.15. The average Bonchev–Trinajstić information content (AvgIpc) is 2.93. The van der Waals surface area contributed by atoms with Crippen LogP contribution < -0.4 is 10.6 Å². The van der Waals surface area contributed by atoms with Gasteiger partial charge in [-0.3, -0.25) is 4.79 Å². The lowest BCUT2D eigenvalue weighted by Gasteiger charge is -2.42. The minimum absolute atomic E-state index is 0.00472. The van der Waals surface area contributed by atoms with Gasteiger partial charge in [-0.1, -0.05) is 12.8 Å². The number of rotatable bonds is 2. The molecule has 122 valence electrons. The number of hydrogen-bond donors (Lipinski definition) is 1. The zero-order valence-electron chi connectivity index (χ0n) is 13.5. The van der Waals surface area contributed by atoms with Crippen LogP contribution in [-0.2, 0) is 4.79 Å². The lowest BCUT2D eigenvalue weighted by Crippen LogP contribution is -2.57. The summed E-state index contributed by atoms with van der Waals surface area (Å²) in [6.45, 7) is 7.36. The van der Waals surface area contributed by atoms with Gasteiger partial charge in [-0.05, 0) is 26.7 Å². The van der Waals surface area contributed by atoms with Gasteiger partial charge in [-0.25, -0.2) is 4.98 Å². The van der Waals surface area contributed by atoms with Gasteiger partial charge in [0, 0.05) is 37.1 Å². The summed E-state index contributed by atoms with van der Waals surface area (Å²) in [5.41, 5.74) is 7.12. The Morgan fingerprint density at radius 1 is 1.36 bits per heavy atom. The van der Waals surface area contributed by atoms with Gasteiger partial charge >= 0.3 is 0 Å². The van der Waals surface area contributed by atoms with E-state index in [1.807, 2.05) is 18.7 Å². The monoisotopic (exact) mass is 322 g/mol. The maximum absolute atomic E-state index is 12.8. The molecule has 2 unspecified atom stereocenters. The molecular formula is C16H26N4OS. The average molecular weight is 322 g/mol. The molecule has 2 heterocycles. The van der Waals surface area contributed by atoms with Gasteiger partial charge in [0.25, 0.3) is 0 Å². The number of nitrogens with two attached hydrogens (primary N) is 1. The standard InChI is InChI=1S/C16H26N4OS/c1-12-11-22-15(18-12)20-9-7-19(8-10-20)14(21)13-5-3-4-6-16(13,2)17/h11,13H,3-10,17H2,1-2H3. The number of aromatic nitrogens is 1. The van der Waals surface area contributed by atoms with Crippen molar-refractivity contribution in [3.05, 3.63) is 11.1 Å². The Morgan fingerprint density at radius 3 is 2.68 bits per heavy atom. The molecule has 1 aliphatic heterocycles. The highest BCUT2D eigenvalue weighted by atomic mass is 32.1. The van der Waals surface area contributed by atoms with E-state index in [9.17, 15) is 4.79 Å². The second kappa shape index (κ2) is 6.16. The molecular weight excluding hydrogens is 296 g/mol. The molecule has 0 radical (unpaired) electrons. The molecule has 1 amide bonds. The summed E-state index contributed by atoms with van der Waals surface area (Å²) >= 11 is 1.68. The van der Waals surface area contributed by atoms with Crippen molar-refractivity contribution >= 4 is 22.4 Å². The maximum atomic E-state index is 12.8. The third-order valence-electron chi connectivity index (χ3n) is 5.02. The molecule has 2 N–H and O–H groups in total. The summed E-state index contributed by atoms with van der Waals surface area (Å²) < 4.78 is 0. The van der Waals surface area contributed by atoms with Gasteiger partial charge < -0.3 is 15.5 Å². The van der Waals surface area contributed by atoms with Crippen molar-refractivity contribution in [3.63, 3.8) is 0 Å². The molecule has 1 saturated carbocycles. The van der Waals surface area contributed by atoms with Gasteiger partial charge in [0.1, 0.15) is 0 Å². The Labute approximate surface area is 136 Å². The predicted octanol–water partition coefficient (Wildman–Crippen LogP) is 2.01. The second-order valence-corrected chi connectivity index (χ2v) is 7.72. The van der Waals surface area contributed by atoms with Crippen LogP contribution in [0.4, 0.5) is 5.13 Å². The molecule has 22 heavy (non-hydrogen) atoms. The van der Waals surface area contributed by atoms with E-state index in [2.05, 4.69) is 15.3 Å². The van der Waals surface area contributed by atoms with Crippen LogP contribution in [0.5, 0.6) is 0 Å². The van der Waals surface area contributed by atoms with Crippen LogP contribution in [0.3, 0.4) is 0 Å². The molecule has 1 saturated heterocycles. The quantitative estimate of drug-likeness (QED) is 0.905. The first-order valence-corrected chi connectivity index (χ1v) is 9.10. The highest BCUT2D eigenvalue weighted by Gasteiger charge is 2.40. The van der Waals surface area contributed by atoms with Gasteiger partial charge in [0.2, 0.25) is 5.91 Å². The van der Waals surface area contributed by atoms with Crippen LogP contribution in [0.2, 0.25) is 0 Å². The number of amides is 1. The maximum Gasteiger partial charge on any atom is 0.227 e. The van der Waals surface area contributed by atoms with E-state index in [0.29, 0.717) is 0 Å². The molecule has 2 fully saturated rings. The third kappa shape index (κ3) is 3.13. The molecule has 2 aliphatic rings. The lowest BCUT2D eigenvalue weighted by molar-refractivity contribution is -0.139. The highest BCUT2D eigenvalue weighted by Crippen LogP contribution is 2.33. The first-order chi connectivity index (χ1) is 10.5. The Morgan fingerprint density at radius 2 is 2.09 bits per heavy atom. The van der Waals surface area contributed by atoms with Crippen molar-refractivity contribution in [2.75, 3.05) is 31.1 Å². The molecule has 3 rings (SSSR count). The molecule has 6 heteroatoms. The van der Waals surface area contributed by atoms with Gasteiger partial charge in [0.15, 0.2) is 5.13 Å². The van der Waals surface area contributed by atoms with E-state index >= 15 is 0 Å². The molecule has 1 aliphatic carbocycles. The van der Waals surface area contributed by atoms with Crippen molar-refractivity contribution in [2.45, 2.75) is 45.1 Å². The molecule has 0 aromatic carbocycles.